The summed E-state index contributed by atoms with van der Waals surface area (Å²) in [6.45, 7) is 0. The number of hydrazine groups is 1. The van der Waals surface area contributed by atoms with Crippen molar-refractivity contribution in [3.63, 3.8) is 0 Å². The molecule has 6 heteroatoms. The molecular weight excluding hydrogens is 275 g/mol. The van der Waals surface area contributed by atoms with Gasteiger partial charge in [0.1, 0.15) is 11.6 Å². The zero-order valence-corrected chi connectivity index (χ0v) is 11.0. The van der Waals surface area contributed by atoms with Crippen LogP contribution in [0.3, 0.4) is 0 Å². The Morgan fingerprint density at radius 2 is 1.90 bits per heavy atom. The molecule has 0 saturated heterocycles. The van der Waals surface area contributed by atoms with Crippen LogP contribution in [0.5, 0.6) is 0 Å². The Balaban J connectivity index is 1.75. The number of furan rings is 1. The lowest BCUT2D eigenvalue weighted by atomic mass is 10.1. The van der Waals surface area contributed by atoms with Gasteiger partial charge in [-0.25, -0.2) is 4.39 Å². The molecule has 1 heterocycles. The van der Waals surface area contributed by atoms with Gasteiger partial charge in [0.2, 0.25) is 5.91 Å². The second-order valence-corrected chi connectivity index (χ2v) is 4.19. The minimum absolute atomic E-state index is 0.0441. The van der Waals surface area contributed by atoms with Gasteiger partial charge in [0.25, 0.3) is 5.91 Å². The molecule has 0 aliphatic rings. The van der Waals surface area contributed by atoms with Crippen LogP contribution in [-0.4, -0.2) is 11.8 Å². The Hall–Kier alpha value is -2.89. The van der Waals surface area contributed by atoms with E-state index in [9.17, 15) is 14.0 Å². The minimum atomic E-state index is -0.487. The number of carbonyl (C=O) groups excluding carboxylic acids is 2. The first kappa shape index (κ1) is 14.5. The largest absolute Gasteiger partial charge is 0.465 e. The van der Waals surface area contributed by atoms with Gasteiger partial charge in [0.15, 0.2) is 0 Å². The number of benzene rings is 1. The summed E-state index contributed by atoms with van der Waals surface area (Å²) in [6.07, 6.45) is 4.24. The minimum Gasteiger partial charge on any atom is -0.465 e. The van der Waals surface area contributed by atoms with Crippen molar-refractivity contribution in [1.82, 2.24) is 10.9 Å². The monoisotopic (exact) mass is 288 g/mol. The van der Waals surface area contributed by atoms with E-state index in [-0.39, 0.29) is 12.2 Å². The average Bonchev–Trinajstić information content (AvgIpc) is 2.99. The molecule has 21 heavy (non-hydrogen) atoms. The molecule has 1 aromatic heterocycles. The predicted octanol–water partition coefficient (Wildman–Crippen LogP) is 1.82. The van der Waals surface area contributed by atoms with Crippen molar-refractivity contribution in [3.8, 4) is 0 Å². The summed E-state index contributed by atoms with van der Waals surface area (Å²) >= 11 is 0. The van der Waals surface area contributed by atoms with Gasteiger partial charge in [-0.1, -0.05) is 12.1 Å². The van der Waals surface area contributed by atoms with E-state index in [1.165, 1.54) is 42.7 Å². The van der Waals surface area contributed by atoms with Crippen LogP contribution in [0, 0.1) is 5.82 Å². The molecule has 2 aromatic rings. The molecule has 2 N–H and O–H groups in total. The van der Waals surface area contributed by atoms with Crippen LogP contribution in [0.25, 0.3) is 6.08 Å². The van der Waals surface area contributed by atoms with E-state index in [2.05, 4.69) is 10.9 Å². The summed E-state index contributed by atoms with van der Waals surface area (Å²) in [7, 11) is 0. The summed E-state index contributed by atoms with van der Waals surface area (Å²) in [5.74, 6) is -0.724. The molecule has 0 radical (unpaired) electrons. The molecule has 0 aliphatic heterocycles. The molecule has 0 bridgehead atoms. The van der Waals surface area contributed by atoms with Crippen molar-refractivity contribution in [2.24, 2.45) is 0 Å². The highest BCUT2D eigenvalue weighted by Crippen LogP contribution is 2.03. The van der Waals surface area contributed by atoms with Crippen molar-refractivity contribution in [3.05, 3.63) is 65.9 Å². The van der Waals surface area contributed by atoms with Crippen molar-refractivity contribution in [1.29, 1.82) is 0 Å². The smallest absolute Gasteiger partial charge is 0.262 e. The maximum atomic E-state index is 12.7. The Morgan fingerprint density at radius 1 is 1.14 bits per heavy atom. The van der Waals surface area contributed by atoms with E-state index >= 15 is 0 Å². The normalized spacial score (nSPS) is 10.5. The SMILES string of the molecule is O=C(/C=C/c1ccco1)NNC(=O)Cc1ccc(F)cc1. The molecule has 2 rings (SSSR count). The van der Waals surface area contributed by atoms with Gasteiger partial charge in [-0.15, -0.1) is 0 Å². The van der Waals surface area contributed by atoms with Crippen LogP contribution in [0.1, 0.15) is 11.3 Å². The quantitative estimate of drug-likeness (QED) is 0.666. The van der Waals surface area contributed by atoms with Gasteiger partial charge in [-0.3, -0.25) is 20.4 Å². The zero-order chi connectivity index (χ0) is 15.1. The summed E-state index contributed by atoms with van der Waals surface area (Å²) < 4.78 is 17.7. The Bertz CT molecular complexity index is 633. The van der Waals surface area contributed by atoms with E-state index in [1.54, 1.807) is 12.1 Å². The Labute approximate surface area is 120 Å². The zero-order valence-electron chi connectivity index (χ0n) is 11.0. The maximum Gasteiger partial charge on any atom is 0.262 e. The molecular formula is C15H13FN2O3. The fraction of sp³-hybridized carbons (Fsp3) is 0.0667. The van der Waals surface area contributed by atoms with Crippen LogP contribution in [0.15, 0.2) is 53.2 Å². The predicted molar refractivity (Wildman–Crippen MR) is 74.1 cm³/mol. The number of carbonyl (C=O) groups is 2. The van der Waals surface area contributed by atoms with Gasteiger partial charge in [-0.2, -0.15) is 0 Å². The van der Waals surface area contributed by atoms with Crippen LogP contribution in [-0.2, 0) is 16.0 Å². The van der Waals surface area contributed by atoms with Crippen molar-refractivity contribution in [2.75, 3.05) is 0 Å². The molecule has 0 fully saturated rings. The van der Waals surface area contributed by atoms with Gasteiger partial charge in [0, 0.05) is 6.08 Å². The summed E-state index contributed by atoms with van der Waals surface area (Å²) in [5, 5.41) is 0. The number of rotatable bonds is 4. The highest BCUT2D eigenvalue weighted by molar-refractivity contribution is 5.93. The number of nitrogens with one attached hydrogen (secondary N) is 2. The second kappa shape index (κ2) is 7.04. The molecule has 0 atom stereocenters. The first-order valence-electron chi connectivity index (χ1n) is 6.18. The summed E-state index contributed by atoms with van der Waals surface area (Å²) in [4.78, 5) is 23.0. The third-order valence-electron chi connectivity index (χ3n) is 2.55. The summed E-state index contributed by atoms with van der Waals surface area (Å²) in [6, 6.07) is 8.95. The summed E-state index contributed by atoms with van der Waals surface area (Å²) in [5.41, 5.74) is 5.14. The van der Waals surface area contributed by atoms with Crippen molar-refractivity contribution >= 4 is 17.9 Å². The number of hydrogen-bond donors (Lipinski definition) is 2. The lowest BCUT2D eigenvalue weighted by molar-refractivity contribution is -0.126. The van der Waals surface area contributed by atoms with E-state index in [0.717, 1.165) is 0 Å². The average molecular weight is 288 g/mol. The highest BCUT2D eigenvalue weighted by Gasteiger charge is 2.04. The standard InChI is InChI=1S/C15H13FN2O3/c16-12-5-3-11(4-6-12)10-15(20)18-17-14(19)8-7-13-2-1-9-21-13/h1-9H,10H2,(H,17,19)(H,18,20)/b8-7+. The van der Waals surface area contributed by atoms with Crippen molar-refractivity contribution in [2.45, 2.75) is 6.42 Å². The first-order chi connectivity index (χ1) is 10.1. The van der Waals surface area contributed by atoms with Crippen molar-refractivity contribution < 1.29 is 18.4 Å². The van der Waals surface area contributed by atoms with Crippen LogP contribution < -0.4 is 10.9 Å². The van der Waals surface area contributed by atoms with E-state index in [0.29, 0.717) is 11.3 Å². The molecule has 0 unspecified atom stereocenters. The molecule has 5 nitrogen and oxygen atoms in total. The molecule has 2 amide bonds. The van der Waals surface area contributed by atoms with Gasteiger partial charge in [0.05, 0.1) is 12.7 Å². The molecule has 108 valence electrons. The van der Waals surface area contributed by atoms with E-state index < -0.39 is 11.8 Å². The van der Waals surface area contributed by atoms with E-state index in [1.807, 2.05) is 0 Å². The first-order valence-corrected chi connectivity index (χ1v) is 6.18. The van der Waals surface area contributed by atoms with E-state index in [4.69, 9.17) is 4.42 Å². The number of halogens is 1. The third kappa shape index (κ3) is 4.94. The molecule has 1 aromatic carbocycles. The maximum absolute atomic E-state index is 12.7. The van der Waals surface area contributed by atoms with Crippen LogP contribution in [0.4, 0.5) is 4.39 Å². The Morgan fingerprint density at radius 3 is 2.57 bits per heavy atom. The molecule has 0 saturated carbocycles. The number of hydrogen-bond acceptors (Lipinski definition) is 3. The third-order valence-corrected chi connectivity index (χ3v) is 2.55. The topological polar surface area (TPSA) is 71.3 Å². The fourth-order valence-electron chi connectivity index (χ4n) is 1.55. The highest BCUT2D eigenvalue weighted by atomic mass is 19.1. The lowest BCUT2D eigenvalue weighted by Gasteiger charge is -2.05. The van der Waals surface area contributed by atoms with Gasteiger partial charge >= 0.3 is 0 Å². The van der Waals surface area contributed by atoms with Crippen LogP contribution in [0.2, 0.25) is 0 Å². The molecule has 0 spiro atoms. The van der Waals surface area contributed by atoms with Crippen LogP contribution >= 0.6 is 0 Å². The lowest BCUT2D eigenvalue weighted by Crippen LogP contribution is -2.41. The van der Waals surface area contributed by atoms with Gasteiger partial charge in [-0.05, 0) is 35.9 Å². The Kier molecular flexibility index (Phi) is 4.87. The molecule has 0 aliphatic carbocycles. The fourth-order valence-corrected chi connectivity index (χ4v) is 1.55. The second-order valence-electron chi connectivity index (χ2n) is 4.19. The van der Waals surface area contributed by atoms with Gasteiger partial charge < -0.3 is 4.42 Å². The number of amides is 2.